The van der Waals surface area contributed by atoms with Gasteiger partial charge in [0.2, 0.25) is 5.76 Å². The van der Waals surface area contributed by atoms with Crippen LogP contribution in [0.3, 0.4) is 0 Å². The van der Waals surface area contributed by atoms with Crippen LogP contribution in [0.4, 0.5) is 5.69 Å². The minimum atomic E-state index is -0.750. The summed E-state index contributed by atoms with van der Waals surface area (Å²) in [4.78, 5) is 37.9. The number of carbonyl (C=O) groups excluding carboxylic acids is 3. The Morgan fingerprint density at radius 2 is 1.73 bits per heavy atom. The van der Waals surface area contributed by atoms with Gasteiger partial charge in [0.1, 0.15) is 5.58 Å². The average Bonchev–Trinajstić information content (AvgIpc) is 3.11. The Kier molecular flexibility index (Phi) is 6.48. The molecule has 1 aromatic heterocycles. The molecule has 0 atom stereocenters. The van der Waals surface area contributed by atoms with Crippen LogP contribution in [0, 0.1) is 0 Å². The van der Waals surface area contributed by atoms with Gasteiger partial charge in [-0.1, -0.05) is 18.2 Å². The van der Waals surface area contributed by atoms with Gasteiger partial charge >= 0.3 is 5.97 Å². The number of nitrogens with one attached hydrogen (secondary N) is 1. The zero-order valence-corrected chi connectivity index (χ0v) is 16.9. The van der Waals surface area contributed by atoms with E-state index < -0.39 is 18.5 Å². The molecule has 1 heterocycles. The third-order valence-electron chi connectivity index (χ3n) is 4.33. The Balaban J connectivity index is 1.62. The van der Waals surface area contributed by atoms with E-state index in [2.05, 4.69) is 5.32 Å². The number of furan rings is 1. The lowest BCUT2D eigenvalue weighted by Gasteiger charge is -2.11. The predicted octanol–water partition coefficient (Wildman–Crippen LogP) is 3.08. The maximum absolute atomic E-state index is 12.5. The average molecular weight is 410 g/mol. The number of ether oxygens (including phenoxy) is 2. The highest BCUT2D eigenvalue weighted by atomic mass is 16.5. The van der Waals surface area contributed by atoms with Crippen LogP contribution in [-0.2, 0) is 20.9 Å². The van der Waals surface area contributed by atoms with E-state index in [1.165, 1.54) is 12.0 Å². The number of hydrogen-bond acceptors (Lipinski definition) is 6. The monoisotopic (exact) mass is 410 g/mol. The third kappa shape index (κ3) is 4.66. The van der Waals surface area contributed by atoms with Crippen molar-refractivity contribution in [1.29, 1.82) is 0 Å². The Labute approximate surface area is 173 Å². The molecule has 0 aliphatic heterocycles. The summed E-state index contributed by atoms with van der Waals surface area (Å²) >= 11 is 0. The summed E-state index contributed by atoms with van der Waals surface area (Å²) in [5, 5.41) is 3.37. The van der Waals surface area contributed by atoms with E-state index >= 15 is 0 Å². The number of esters is 1. The Hall–Kier alpha value is -3.65. The topological polar surface area (TPSA) is 98.1 Å². The first-order valence-corrected chi connectivity index (χ1v) is 9.18. The molecular formula is C22H22N2O6. The number of methoxy groups -OCH3 is 1. The molecule has 8 heteroatoms. The van der Waals surface area contributed by atoms with Gasteiger partial charge in [-0.2, -0.15) is 0 Å². The molecule has 0 radical (unpaired) electrons. The smallest absolute Gasteiger partial charge is 0.375 e. The van der Waals surface area contributed by atoms with Crippen molar-refractivity contribution in [3.8, 4) is 0 Å². The summed E-state index contributed by atoms with van der Waals surface area (Å²) in [5.41, 5.74) is 2.09. The fraction of sp³-hybridized carbons (Fsp3) is 0.227. The highest BCUT2D eigenvalue weighted by Crippen LogP contribution is 2.27. The van der Waals surface area contributed by atoms with E-state index in [9.17, 15) is 14.4 Å². The molecule has 2 amide bonds. The van der Waals surface area contributed by atoms with Gasteiger partial charge in [-0.3, -0.25) is 9.59 Å². The van der Waals surface area contributed by atoms with Crippen LogP contribution in [0.1, 0.15) is 26.5 Å². The van der Waals surface area contributed by atoms with Crippen molar-refractivity contribution >= 4 is 34.4 Å². The van der Waals surface area contributed by atoms with Gasteiger partial charge in [0.25, 0.3) is 11.8 Å². The van der Waals surface area contributed by atoms with Crippen LogP contribution < -0.4 is 5.32 Å². The first-order valence-electron chi connectivity index (χ1n) is 9.18. The molecular weight excluding hydrogens is 388 g/mol. The molecule has 3 aromatic rings. The van der Waals surface area contributed by atoms with Gasteiger partial charge in [0.05, 0.1) is 6.61 Å². The van der Waals surface area contributed by atoms with E-state index in [0.717, 1.165) is 5.39 Å². The van der Waals surface area contributed by atoms with Crippen LogP contribution in [0.25, 0.3) is 11.0 Å². The number of rotatable bonds is 7. The van der Waals surface area contributed by atoms with Crippen LogP contribution in [-0.4, -0.2) is 50.5 Å². The lowest BCUT2D eigenvalue weighted by Crippen LogP contribution is -2.22. The van der Waals surface area contributed by atoms with Crippen molar-refractivity contribution in [2.24, 2.45) is 0 Å². The second-order valence-corrected chi connectivity index (χ2v) is 6.74. The lowest BCUT2D eigenvalue weighted by molar-refractivity contribution is -0.119. The fourth-order valence-corrected chi connectivity index (χ4v) is 2.90. The number of carbonyl (C=O) groups is 3. The van der Waals surface area contributed by atoms with Crippen molar-refractivity contribution in [3.63, 3.8) is 0 Å². The summed E-state index contributed by atoms with van der Waals surface area (Å²) in [5.74, 6) is -1.39. The van der Waals surface area contributed by atoms with Crippen molar-refractivity contribution in [2.45, 2.75) is 6.61 Å². The molecule has 0 bridgehead atoms. The first-order chi connectivity index (χ1) is 14.4. The number of benzene rings is 2. The second-order valence-electron chi connectivity index (χ2n) is 6.74. The maximum Gasteiger partial charge on any atom is 0.375 e. The molecule has 0 spiro atoms. The summed E-state index contributed by atoms with van der Waals surface area (Å²) in [6, 6.07) is 13.6. The molecule has 156 valence electrons. The molecule has 0 fully saturated rings. The SMILES string of the molecule is COCc1c(C(=O)OCC(=O)Nc2ccc(C(=O)N(C)C)cc2)oc2ccccc12. The third-order valence-corrected chi connectivity index (χ3v) is 4.33. The Bertz CT molecular complexity index is 1070. The summed E-state index contributed by atoms with van der Waals surface area (Å²) < 4.78 is 15.9. The van der Waals surface area contributed by atoms with Crippen LogP contribution in [0.2, 0.25) is 0 Å². The van der Waals surface area contributed by atoms with Crippen LogP contribution in [0.15, 0.2) is 52.9 Å². The second kappa shape index (κ2) is 9.23. The highest BCUT2D eigenvalue weighted by Gasteiger charge is 2.22. The molecule has 1 N–H and O–H groups in total. The number of fused-ring (bicyclic) bond motifs is 1. The predicted molar refractivity (Wildman–Crippen MR) is 110 cm³/mol. The van der Waals surface area contributed by atoms with Gasteiger partial charge in [-0.15, -0.1) is 0 Å². The van der Waals surface area contributed by atoms with Crippen molar-refractivity contribution in [1.82, 2.24) is 4.90 Å². The zero-order chi connectivity index (χ0) is 21.7. The minimum absolute atomic E-state index is 0.0115. The number of hydrogen-bond donors (Lipinski definition) is 1. The molecule has 3 rings (SSSR count). The molecule has 0 aliphatic rings. The quantitative estimate of drug-likeness (QED) is 0.601. The largest absolute Gasteiger partial charge is 0.450 e. The van der Waals surface area contributed by atoms with Gasteiger partial charge in [0.15, 0.2) is 6.61 Å². The number of anilines is 1. The standard InChI is InChI=1S/C22H22N2O6/c1-24(2)21(26)14-8-10-15(11-9-14)23-19(25)13-29-22(27)20-17(12-28-3)16-6-4-5-7-18(16)30-20/h4-11H,12-13H2,1-3H3,(H,23,25). The molecule has 0 saturated carbocycles. The molecule has 2 aromatic carbocycles. The molecule has 0 saturated heterocycles. The highest BCUT2D eigenvalue weighted by molar-refractivity contribution is 5.99. The fourth-order valence-electron chi connectivity index (χ4n) is 2.90. The van der Waals surface area contributed by atoms with Crippen molar-refractivity contribution in [2.75, 3.05) is 33.1 Å². The van der Waals surface area contributed by atoms with E-state index in [1.54, 1.807) is 50.5 Å². The first kappa shape index (κ1) is 21.1. The minimum Gasteiger partial charge on any atom is -0.450 e. The Morgan fingerprint density at radius 3 is 2.40 bits per heavy atom. The zero-order valence-electron chi connectivity index (χ0n) is 16.9. The van der Waals surface area contributed by atoms with Gasteiger partial charge in [0, 0.05) is 43.4 Å². The van der Waals surface area contributed by atoms with Crippen molar-refractivity contribution in [3.05, 3.63) is 65.4 Å². The normalized spacial score (nSPS) is 10.6. The van der Waals surface area contributed by atoms with Crippen molar-refractivity contribution < 1.29 is 28.3 Å². The number of para-hydroxylation sites is 1. The van der Waals surface area contributed by atoms with Gasteiger partial charge in [-0.25, -0.2) is 4.79 Å². The maximum atomic E-state index is 12.5. The van der Waals surface area contributed by atoms with Crippen LogP contribution in [0.5, 0.6) is 0 Å². The molecule has 0 unspecified atom stereocenters. The van der Waals surface area contributed by atoms with Crippen LogP contribution >= 0.6 is 0 Å². The van der Waals surface area contributed by atoms with Gasteiger partial charge < -0.3 is 24.1 Å². The molecule has 0 aliphatic carbocycles. The number of nitrogens with zero attached hydrogens (tertiary/aromatic N) is 1. The summed E-state index contributed by atoms with van der Waals surface area (Å²) in [6.45, 7) is -0.313. The Morgan fingerprint density at radius 1 is 1.03 bits per heavy atom. The summed E-state index contributed by atoms with van der Waals surface area (Å²) in [6.07, 6.45) is 0. The van der Waals surface area contributed by atoms with E-state index in [0.29, 0.717) is 22.4 Å². The lowest BCUT2D eigenvalue weighted by atomic mass is 10.1. The molecule has 8 nitrogen and oxygen atoms in total. The number of amides is 2. The van der Waals surface area contributed by atoms with E-state index in [1.807, 2.05) is 12.1 Å². The van der Waals surface area contributed by atoms with E-state index in [-0.39, 0.29) is 18.3 Å². The van der Waals surface area contributed by atoms with E-state index in [4.69, 9.17) is 13.9 Å². The summed E-state index contributed by atoms with van der Waals surface area (Å²) in [7, 11) is 4.83. The molecule has 30 heavy (non-hydrogen) atoms. The van der Waals surface area contributed by atoms with Gasteiger partial charge in [-0.05, 0) is 30.3 Å².